The van der Waals surface area contributed by atoms with Gasteiger partial charge in [0.15, 0.2) is 0 Å². The SMILES string of the molecule is CC/C(C)=C\C(=C/CN=C(C)C)C1=NC/C(=N\CCC=N)C=C1C1CC1c1ccc(F)c(C)c1. The monoisotopic (exact) mass is 460 g/mol. The van der Waals surface area contributed by atoms with E-state index in [1.54, 1.807) is 6.07 Å². The van der Waals surface area contributed by atoms with Crippen molar-refractivity contribution in [2.75, 3.05) is 19.6 Å². The molecule has 180 valence electrons. The van der Waals surface area contributed by atoms with E-state index in [1.165, 1.54) is 22.9 Å². The number of aliphatic imine (C=N–C) groups is 3. The second-order valence-corrected chi connectivity index (χ2v) is 9.38. The normalized spacial score (nSPS) is 21.8. The average molecular weight is 461 g/mol. The minimum Gasteiger partial charge on any atom is -0.313 e. The maximum Gasteiger partial charge on any atom is 0.126 e. The highest BCUT2D eigenvalue weighted by Gasteiger charge is 2.43. The van der Waals surface area contributed by atoms with Gasteiger partial charge in [-0.3, -0.25) is 15.0 Å². The van der Waals surface area contributed by atoms with Crippen molar-refractivity contribution < 1.29 is 4.39 Å². The molecule has 2 atom stereocenters. The lowest BCUT2D eigenvalue weighted by atomic mass is 9.91. The molecule has 0 amide bonds. The first kappa shape index (κ1) is 25.7. The van der Waals surface area contributed by atoms with Gasteiger partial charge in [0.1, 0.15) is 5.82 Å². The van der Waals surface area contributed by atoms with Gasteiger partial charge in [-0.2, -0.15) is 0 Å². The molecule has 1 heterocycles. The zero-order valence-corrected chi connectivity index (χ0v) is 21.2. The van der Waals surface area contributed by atoms with Gasteiger partial charge in [0.2, 0.25) is 0 Å². The molecule has 0 spiro atoms. The van der Waals surface area contributed by atoms with E-state index in [4.69, 9.17) is 10.4 Å². The molecule has 1 aliphatic heterocycles. The fraction of sp³-hybridized carbons (Fsp3) is 0.448. The van der Waals surface area contributed by atoms with Crippen LogP contribution < -0.4 is 0 Å². The van der Waals surface area contributed by atoms with Crippen LogP contribution in [0.25, 0.3) is 0 Å². The molecule has 34 heavy (non-hydrogen) atoms. The number of hydrogen-bond donors (Lipinski definition) is 1. The third kappa shape index (κ3) is 6.78. The highest BCUT2D eigenvalue weighted by Crippen LogP contribution is 2.53. The van der Waals surface area contributed by atoms with Gasteiger partial charge < -0.3 is 5.41 Å². The summed E-state index contributed by atoms with van der Waals surface area (Å²) >= 11 is 0. The molecule has 2 unspecified atom stereocenters. The molecule has 4 nitrogen and oxygen atoms in total. The number of dihydropyridines is 1. The van der Waals surface area contributed by atoms with Gasteiger partial charge in [0.25, 0.3) is 0 Å². The minimum atomic E-state index is -0.155. The molecule has 2 aliphatic rings. The van der Waals surface area contributed by atoms with E-state index in [2.05, 4.69) is 42.1 Å². The van der Waals surface area contributed by atoms with Crippen molar-refractivity contribution in [3.63, 3.8) is 0 Å². The van der Waals surface area contributed by atoms with Crippen LogP contribution in [0.5, 0.6) is 0 Å². The molecule has 1 aromatic rings. The number of hydrogen-bond acceptors (Lipinski definition) is 4. The molecule has 3 rings (SSSR count). The highest BCUT2D eigenvalue weighted by molar-refractivity contribution is 6.20. The fourth-order valence-electron chi connectivity index (χ4n) is 4.18. The predicted molar refractivity (Wildman–Crippen MR) is 144 cm³/mol. The van der Waals surface area contributed by atoms with Crippen molar-refractivity contribution in [1.82, 2.24) is 0 Å². The molecule has 1 aliphatic carbocycles. The second kappa shape index (κ2) is 12.0. The zero-order chi connectivity index (χ0) is 24.7. The lowest BCUT2D eigenvalue weighted by molar-refractivity contribution is 0.617. The topological polar surface area (TPSA) is 60.9 Å². The molecule has 1 aromatic carbocycles. The zero-order valence-electron chi connectivity index (χ0n) is 21.2. The molecule has 0 saturated heterocycles. The van der Waals surface area contributed by atoms with Gasteiger partial charge >= 0.3 is 0 Å². The molecule has 5 heteroatoms. The summed E-state index contributed by atoms with van der Waals surface area (Å²) in [6.07, 6.45) is 10.7. The van der Waals surface area contributed by atoms with E-state index in [-0.39, 0.29) is 5.82 Å². The molecule has 1 saturated carbocycles. The maximum atomic E-state index is 13.8. The summed E-state index contributed by atoms with van der Waals surface area (Å²) in [6, 6.07) is 5.48. The van der Waals surface area contributed by atoms with Crippen molar-refractivity contribution in [2.24, 2.45) is 20.9 Å². The van der Waals surface area contributed by atoms with Crippen molar-refractivity contribution >= 4 is 23.3 Å². The quantitative estimate of drug-likeness (QED) is 0.225. The summed E-state index contributed by atoms with van der Waals surface area (Å²) < 4.78 is 13.8. The number of aryl methyl sites for hydroxylation is 1. The van der Waals surface area contributed by atoms with Crippen molar-refractivity contribution in [1.29, 1.82) is 5.41 Å². The van der Waals surface area contributed by atoms with E-state index in [0.717, 1.165) is 35.5 Å². The molecule has 0 aromatic heterocycles. The van der Waals surface area contributed by atoms with E-state index < -0.39 is 0 Å². The summed E-state index contributed by atoms with van der Waals surface area (Å²) in [6.45, 7) is 12.0. The van der Waals surface area contributed by atoms with E-state index >= 15 is 0 Å². The van der Waals surface area contributed by atoms with E-state index in [1.807, 2.05) is 32.9 Å². The Bertz CT molecular complexity index is 1100. The number of nitrogens with zero attached hydrogens (tertiary/aromatic N) is 3. The average Bonchev–Trinajstić information content (AvgIpc) is 3.61. The Kier molecular flexibility index (Phi) is 9.03. The van der Waals surface area contributed by atoms with Crippen LogP contribution in [0.1, 0.15) is 64.0 Å². The Morgan fingerprint density at radius 3 is 2.71 bits per heavy atom. The molecule has 0 bridgehead atoms. The highest BCUT2D eigenvalue weighted by atomic mass is 19.1. The molecule has 1 N–H and O–H groups in total. The molecular weight excluding hydrogens is 423 g/mol. The third-order valence-electron chi connectivity index (χ3n) is 6.33. The van der Waals surface area contributed by atoms with Crippen LogP contribution in [0.4, 0.5) is 4.39 Å². The van der Waals surface area contributed by atoms with Crippen molar-refractivity contribution in [3.05, 3.63) is 70.1 Å². The molecule has 1 fully saturated rings. The van der Waals surface area contributed by atoms with Crippen molar-refractivity contribution in [2.45, 2.75) is 59.8 Å². The second-order valence-electron chi connectivity index (χ2n) is 9.38. The summed E-state index contributed by atoms with van der Waals surface area (Å²) in [7, 11) is 0. The van der Waals surface area contributed by atoms with Gasteiger partial charge in [-0.15, -0.1) is 0 Å². The standard InChI is InChI=1S/C29H37FN4/c1-6-20(4)14-23(10-13-32-19(2)3)29-27(16-24(18-34-29)33-12-7-11-31)26-17-25(26)22-8-9-28(30)21(5)15-22/h8-11,14-16,25-26,31H,6-7,12-13,17-18H2,1-5H3/b20-14-,23-10+,31-11?,33-24-. The van der Waals surface area contributed by atoms with Gasteiger partial charge in [0.05, 0.1) is 24.5 Å². The van der Waals surface area contributed by atoms with Crippen LogP contribution in [0, 0.1) is 24.1 Å². The third-order valence-corrected chi connectivity index (χ3v) is 6.33. The predicted octanol–water partition coefficient (Wildman–Crippen LogP) is 6.86. The first-order chi connectivity index (χ1) is 16.3. The van der Waals surface area contributed by atoms with Gasteiger partial charge in [-0.05, 0) is 93.0 Å². The Hall–Kier alpha value is -2.95. The Morgan fingerprint density at radius 2 is 2.03 bits per heavy atom. The Balaban J connectivity index is 1.97. The van der Waals surface area contributed by atoms with Gasteiger partial charge in [-0.1, -0.05) is 36.8 Å². The molecular formula is C29H37FN4. The fourth-order valence-corrected chi connectivity index (χ4v) is 4.18. The number of rotatable bonds is 10. The summed E-state index contributed by atoms with van der Waals surface area (Å²) in [5.74, 6) is 0.551. The summed E-state index contributed by atoms with van der Waals surface area (Å²) in [4.78, 5) is 14.3. The first-order valence-electron chi connectivity index (χ1n) is 12.2. The minimum absolute atomic E-state index is 0.155. The Morgan fingerprint density at radius 1 is 1.24 bits per heavy atom. The lowest BCUT2D eigenvalue weighted by Gasteiger charge is -2.19. The van der Waals surface area contributed by atoms with E-state index in [0.29, 0.717) is 43.5 Å². The van der Waals surface area contributed by atoms with Crippen LogP contribution in [0.15, 0.2) is 68.1 Å². The van der Waals surface area contributed by atoms with Crippen LogP contribution in [0.3, 0.4) is 0 Å². The molecule has 0 radical (unpaired) electrons. The van der Waals surface area contributed by atoms with Crippen LogP contribution in [-0.2, 0) is 0 Å². The first-order valence-corrected chi connectivity index (χ1v) is 12.2. The summed E-state index contributed by atoms with van der Waals surface area (Å²) in [5.41, 5.74) is 8.59. The van der Waals surface area contributed by atoms with Gasteiger partial charge in [-0.25, -0.2) is 4.39 Å². The van der Waals surface area contributed by atoms with Gasteiger partial charge in [0, 0.05) is 18.7 Å². The maximum absolute atomic E-state index is 13.8. The number of allylic oxidation sites excluding steroid dienone is 4. The lowest BCUT2D eigenvalue weighted by Crippen LogP contribution is -2.19. The van der Waals surface area contributed by atoms with Crippen molar-refractivity contribution in [3.8, 4) is 0 Å². The number of nitrogens with one attached hydrogen (secondary N) is 1. The Labute approximate surface area is 203 Å². The van der Waals surface area contributed by atoms with E-state index in [9.17, 15) is 4.39 Å². The van der Waals surface area contributed by atoms with Crippen LogP contribution >= 0.6 is 0 Å². The van der Waals surface area contributed by atoms with Crippen LogP contribution in [-0.4, -0.2) is 43.0 Å². The number of benzene rings is 1. The summed E-state index contributed by atoms with van der Waals surface area (Å²) in [5, 5.41) is 7.27. The number of halogens is 1. The largest absolute Gasteiger partial charge is 0.313 e. The van der Waals surface area contributed by atoms with Crippen LogP contribution in [0.2, 0.25) is 0 Å². The smallest absolute Gasteiger partial charge is 0.126 e.